The Hall–Kier alpha value is -2.76. The second-order valence-electron chi connectivity index (χ2n) is 8.60. The Balaban J connectivity index is 5.17. The average Bonchev–Trinajstić information content (AvgIpc) is 2.89. The first-order chi connectivity index (χ1) is 18.5. The Morgan fingerprint density at radius 2 is 1.51 bits per heavy atom. The number of carboxylic acids is 1. The molecule has 4 atom stereocenters. The number of aliphatic imine (C=N–C) groups is 1. The van der Waals surface area contributed by atoms with E-state index in [0.717, 1.165) is 0 Å². The van der Waals surface area contributed by atoms with Crippen LogP contribution in [0.4, 0.5) is 0 Å². The first-order valence-corrected chi connectivity index (χ1v) is 14.5. The Labute approximate surface area is 238 Å². The van der Waals surface area contributed by atoms with Crippen LogP contribution in [0.3, 0.4) is 0 Å². The van der Waals surface area contributed by atoms with Gasteiger partial charge < -0.3 is 49.3 Å². The topological polar surface area (TPSA) is 270 Å². The van der Waals surface area contributed by atoms with E-state index in [-0.39, 0.29) is 24.6 Å². The molecule has 0 saturated carbocycles. The van der Waals surface area contributed by atoms with Crippen LogP contribution in [0, 0.1) is 0 Å². The summed E-state index contributed by atoms with van der Waals surface area (Å²) >= 11 is 5.38. The van der Waals surface area contributed by atoms with Crippen LogP contribution in [-0.4, -0.2) is 102 Å². The maximum atomic E-state index is 13.1. The molecule has 0 aliphatic rings. The van der Waals surface area contributed by atoms with Crippen LogP contribution in [0.2, 0.25) is 0 Å². The third kappa shape index (κ3) is 16.7. The molecule has 0 bridgehead atoms. The van der Waals surface area contributed by atoms with Crippen molar-refractivity contribution in [2.75, 3.05) is 37.4 Å². The van der Waals surface area contributed by atoms with Crippen molar-refractivity contribution in [3.63, 3.8) is 0 Å². The van der Waals surface area contributed by atoms with Crippen molar-refractivity contribution in [1.82, 2.24) is 21.3 Å². The highest BCUT2D eigenvalue weighted by molar-refractivity contribution is 7.98. The van der Waals surface area contributed by atoms with Crippen LogP contribution in [-0.2, 0) is 24.0 Å². The number of guanidine groups is 1. The largest absolute Gasteiger partial charge is 0.480 e. The van der Waals surface area contributed by atoms with E-state index in [4.69, 9.17) is 22.9 Å². The molecule has 0 radical (unpaired) electrons. The first-order valence-electron chi connectivity index (χ1n) is 12.5. The number of nitrogens with two attached hydrogens (primary N) is 4. The molecular weight excluding hydrogens is 550 g/mol. The average molecular weight is 594 g/mol. The molecule has 4 amide bonds. The lowest BCUT2D eigenvalue weighted by Gasteiger charge is -2.24. The van der Waals surface area contributed by atoms with Crippen LogP contribution < -0.4 is 44.2 Å². The van der Waals surface area contributed by atoms with Gasteiger partial charge in [0.2, 0.25) is 23.6 Å². The summed E-state index contributed by atoms with van der Waals surface area (Å²) in [5, 5.41) is 19.2. The zero-order chi connectivity index (χ0) is 29.8. The predicted octanol–water partition coefficient (Wildman–Crippen LogP) is -3.17. The highest BCUT2D eigenvalue weighted by atomic mass is 32.2. The summed E-state index contributed by atoms with van der Waals surface area (Å²) in [5.74, 6) is -3.41. The van der Waals surface area contributed by atoms with Gasteiger partial charge in [-0.25, -0.2) is 4.79 Å². The van der Waals surface area contributed by atoms with E-state index in [1.54, 1.807) is 0 Å². The van der Waals surface area contributed by atoms with E-state index >= 15 is 0 Å². The molecule has 0 spiro atoms. The summed E-state index contributed by atoms with van der Waals surface area (Å²) in [5.41, 5.74) is 21.8. The number of thioether (sulfide) groups is 1. The van der Waals surface area contributed by atoms with Crippen molar-refractivity contribution in [3.05, 3.63) is 0 Å². The molecule has 0 unspecified atom stereocenters. The van der Waals surface area contributed by atoms with Gasteiger partial charge in [-0.3, -0.25) is 24.2 Å². The summed E-state index contributed by atoms with van der Waals surface area (Å²) in [6.45, 7) is 0.281. The quantitative estimate of drug-likeness (QED) is 0.0274. The van der Waals surface area contributed by atoms with Gasteiger partial charge in [0.15, 0.2) is 5.96 Å². The maximum Gasteiger partial charge on any atom is 0.327 e. The standard InChI is InChI=1S/C22H43N9O6S2/c1-39-10-7-15(20(35)31-16(12-38)21(36)37)30-19(34)14(6-2-3-8-23)29-17(32)11-28-18(33)13(24)5-4-9-27-22(25)26/h13-16,38H,2-12,23-24H2,1H3,(H,28,33)(H,29,32)(H,30,34)(H,31,35)(H,36,37)(H4,25,26,27)/t13-,14-,15-,16-/m0/s1. The predicted molar refractivity (Wildman–Crippen MR) is 154 cm³/mol. The monoisotopic (exact) mass is 593 g/mol. The number of hydrogen-bond donors (Lipinski definition) is 10. The Bertz CT molecular complexity index is 830. The molecule has 0 aromatic heterocycles. The van der Waals surface area contributed by atoms with Crippen molar-refractivity contribution in [3.8, 4) is 0 Å². The highest BCUT2D eigenvalue weighted by Gasteiger charge is 2.29. The van der Waals surface area contributed by atoms with Gasteiger partial charge in [0.25, 0.3) is 0 Å². The molecule has 0 rings (SSSR count). The van der Waals surface area contributed by atoms with Crippen molar-refractivity contribution >= 4 is 59.9 Å². The molecule has 17 heteroatoms. The number of nitrogens with zero attached hydrogens (tertiary/aromatic N) is 1. The van der Waals surface area contributed by atoms with Gasteiger partial charge in [0, 0.05) is 12.3 Å². The van der Waals surface area contributed by atoms with Crippen LogP contribution in [0.5, 0.6) is 0 Å². The number of amides is 4. The second-order valence-corrected chi connectivity index (χ2v) is 9.95. The van der Waals surface area contributed by atoms with Crippen molar-refractivity contribution in [1.29, 1.82) is 0 Å². The van der Waals surface area contributed by atoms with E-state index in [1.807, 2.05) is 6.26 Å². The summed E-state index contributed by atoms with van der Waals surface area (Å²) in [6.07, 6.45) is 4.17. The minimum atomic E-state index is -1.25. The smallest absolute Gasteiger partial charge is 0.327 e. The molecule has 0 fully saturated rings. The normalized spacial score (nSPS) is 13.7. The van der Waals surface area contributed by atoms with Gasteiger partial charge >= 0.3 is 5.97 Å². The van der Waals surface area contributed by atoms with Gasteiger partial charge in [0.1, 0.15) is 18.1 Å². The van der Waals surface area contributed by atoms with Gasteiger partial charge in [-0.2, -0.15) is 24.4 Å². The van der Waals surface area contributed by atoms with Crippen LogP contribution >= 0.6 is 24.4 Å². The van der Waals surface area contributed by atoms with E-state index < -0.39 is 60.3 Å². The molecule has 0 aromatic carbocycles. The molecular formula is C22H43N9O6S2. The van der Waals surface area contributed by atoms with Crippen LogP contribution in [0.1, 0.15) is 38.5 Å². The number of aliphatic carboxylic acids is 1. The SMILES string of the molecule is CSCC[C@H](NC(=O)[C@H](CCCCN)NC(=O)CNC(=O)[C@@H](N)CCCN=C(N)N)C(=O)N[C@@H](CS)C(=O)O. The number of thiol groups is 1. The molecule has 0 aliphatic heterocycles. The molecule has 0 aromatic rings. The number of carbonyl (C=O) groups excluding carboxylic acids is 4. The minimum absolute atomic E-state index is 0.0620. The van der Waals surface area contributed by atoms with E-state index in [2.05, 4.69) is 38.9 Å². The van der Waals surface area contributed by atoms with Crippen molar-refractivity contribution < 1.29 is 29.1 Å². The fourth-order valence-electron chi connectivity index (χ4n) is 3.19. The summed E-state index contributed by atoms with van der Waals surface area (Å²) < 4.78 is 0. The highest BCUT2D eigenvalue weighted by Crippen LogP contribution is 2.06. The van der Waals surface area contributed by atoms with Crippen LogP contribution in [0.25, 0.3) is 0 Å². The van der Waals surface area contributed by atoms with Gasteiger partial charge in [-0.05, 0) is 57.1 Å². The summed E-state index contributed by atoms with van der Waals surface area (Å²) in [4.78, 5) is 65.6. The number of nitrogens with one attached hydrogen (secondary N) is 4. The van der Waals surface area contributed by atoms with Gasteiger partial charge in [-0.15, -0.1) is 0 Å². The van der Waals surface area contributed by atoms with Gasteiger partial charge in [0.05, 0.1) is 12.6 Å². The third-order valence-corrected chi connectivity index (χ3v) is 6.38. The molecule has 39 heavy (non-hydrogen) atoms. The number of hydrogen-bond acceptors (Lipinski definition) is 10. The second kappa shape index (κ2) is 21.1. The first kappa shape index (κ1) is 36.2. The molecule has 13 N–H and O–H groups in total. The lowest BCUT2D eigenvalue weighted by atomic mass is 10.1. The fourth-order valence-corrected chi connectivity index (χ4v) is 3.91. The fraction of sp³-hybridized carbons (Fsp3) is 0.727. The lowest BCUT2D eigenvalue weighted by Crippen LogP contribution is -2.57. The van der Waals surface area contributed by atoms with Crippen LogP contribution in [0.15, 0.2) is 4.99 Å². The number of carboxylic acid groups (broad SMARTS) is 1. The molecule has 15 nitrogen and oxygen atoms in total. The molecule has 0 saturated heterocycles. The van der Waals surface area contributed by atoms with Crippen molar-refractivity contribution in [2.24, 2.45) is 27.9 Å². The third-order valence-electron chi connectivity index (χ3n) is 5.37. The van der Waals surface area contributed by atoms with E-state index in [0.29, 0.717) is 44.5 Å². The Morgan fingerprint density at radius 1 is 0.897 bits per heavy atom. The number of carbonyl (C=O) groups is 5. The summed E-state index contributed by atoms with van der Waals surface area (Å²) in [7, 11) is 0. The zero-order valence-corrected chi connectivity index (χ0v) is 23.9. The Kier molecular flexibility index (Phi) is 19.6. The summed E-state index contributed by atoms with van der Waals surface area (Å²) in [6, 6.07) is -4.15. The Morgan fingerprint density at radius 3 is 2.05 bits per heavy atom. The van der Waals surface area contributed by atoms with Crippen molar-refractivity contribution in [2.45, 2.75) is 62.7 Å². The zero-order valence-electron chi connectivity index (χ0n) is 22.2. The van der Waals surface area contributed by atoms with Gasteiger partial charge in [-0.1, -0.05) is 0 Å². The molecule has 0 aliphatic carbocycles. The molecule has 0 heterocycles. The lowest BCUT2D eigenvalue weighted by molar-refractivity contribution is -0.141. The number of rotatable bonds is 21. The minimum Gasteiger partial charge on any atom is -0.480 e. The number of unbranched alkanes of at least 4 members (excludes halogenated alkanes) is 1. The van der Waals surface area contributed by atoms with E-state index in [9.17, 15) is 29.1 Å². The molecule has 224 valence electrons. The van der Waals surface area contributed by atoms with E-state index in [1.165, 1.54) is 11.8 Å². The maximum absolute atomic E-state index is 13.1.